The summed E-state index contributed by atoms with van der Waals surface area (Å²) in [5.74, 6) is 1.81. The molecule has 1 aromatic heterocycles. The van der Waals surface area contributed by atoms with E-state index in [-0.39, 0.29) is 24.0 Å². The summed E-state index contributed by atoms with van der Waals surface area (Å²) in [5, 5.41) is 0.732. The smallest absolute Gasteiger partial charge is 0.301 e. The number of benzene rings is 1. The number of hydrogen-bond acceptors (Lipinski definition) is 4. The van der Waals surface area contributed by atoms with Gasteiger partial charge in [0.1, 0.15) is 18.1 Å². The van der Waals surface area contributed by atoms with Crippen molar-refractivity contribution in [2.24, 2.45) is 5.73 Å². The van der Waals surface area contributed by atoms with Gasteiger partial charge in [0.25, 0.3) is 0 Å². The van der Waals surface area contributed by atoms with Crippen LogP contribution in [0.25, 0.3) is 0 Å². The first-order chi connectivity index (χ1) is 11.2. The number of nitrogens with zero attached hydrogens (tertiary/aromatic N) is 2. The monoisotopic (exact) mass is 458 g/mol. The Morgan fingerprint density at radius 1 is 1.25 bits per heavy atom. The van der Waals surface area contributed by atoms with Crippen molar-refractivity contribution in [1.82, 2.24) is 4.98 Å². The minimum Gasteiger partial charge on any atom is -1.00 e. The molecule has 130 valence electrons. The van der Waals surface area contributed by atoms with Gasteiger partial charge in [-0.2, -0.15) is 0 Å². The Kier molecular flexibility index (Phi) is 9.55. The van der Waals surface area contributed by atoms with Gasteiger partial charge in [0.15, 0.2) is 0 Å². The van der Waals surface area contributed by atoms with Crippen molar-refractivity contribution in [3.63, 3.8) is 0 Å². The van der Waals surface area contributed by atoms with E-state index >= 15 is 0 Å². The third kappa shape index (κ3) is 6.56. The molecule has 0 aliphatic carbocycles. The number of amidine groups is 1. The number of nitrogens with two attached hydrogens (primary N) is 1. The topological polar surface area (TPSA) is 65.3 Å². The van der Waals surface area contributed by atoms with Gasteiger partial charge in [-0.3, -0.25) is 10.7 Å². The highest BCUT2D eigenvalue weighted by molar-refractivity contribution is 8.12. The number of ether oxygens (including phenoxy) is 1. The number of halogens is 1. The number of nitrogens with one attached hydrogen (secondary N) is 1. The van der Waals surface area contributed by atoms with Crippen molar-refractivity contribution < 1.29 is 33.7 Å². The third-order valence-corrected chi connectivity index (χ3v) is 3.99. The fourth-order valence-corrected chi connectivity index (χ4v) is 2.40. The van der Waals surface area contributed by atoms with Crippen LogP contribution in [0.3, 0.4) is 0 Å². The number of methoxy groups -OCH3 is 1. The van der Waals surface area contributed by atoms with E-state index in [0.717, 1.165) is 36.4 Å². The molecule has 0 fully saturated rings. The Bertz CT molecular complexity index is 622. The van der Waals surface area contributed by atoms with Gasteiger partial charge in [0.2, 0.25) is 0 Å². The van der Waals surface area contributed by atoms with Crippen LogP contribution >= 0.6 is 11.8 Å². The van der Waals surface area contributed by atoms with Gasteiger partial charge in [-0.1, -0.05) is 18.2 Å². The van der Waals surface area contributed by atoms with Crippen LogP contribution in [0.2, 0.25) is 0 Å². The van der Waals surface area contributed by atoms with Crippen LogP contribution in [-0.4, -0.2) is 36.6 Å². The van der Waals surface area contributed by atoms with E-state index in [1.54, 1.807) is 7.11 Å². The zero-order chi connectivity index (χ0) is 16.5. The van der Waals surface area contributed by atoms with Crippen LogP contribution in [0.5, 0.6) is 5.75 Å². The highest BCUT2D eigenvalue weighted by Gasteiger charge is 2.09. The Hall–Kier alpha value is -1.48. The molecule has 0 unspecified atom stereocenters. The second kappa shape index (κ2) is 11.1. The van der Waals surface area contributed by atoms with E-state index in [4.69, 9.17) is 10.5 Å². The molecule has 1 aromatic carbocycles. The molecule has 0 saturated heterocycles. The summed E-state index contributed by atoms with van der Waals surface area (Å²) in [6.45, 7) is 2.35. The van der Waals surface area contributed by atoms with Crippen LogP contribution in [0.1, 0.15) is 5.56 Å². The van der Waals surface area contributed by atoms with E-state index < -0.39 is 0 Å². The lowest BCUT2D eigenvalue weighted by Crippen LogP contribution is -3.00. The van der Waals surface area contributed by atoms with E-state index in [1.807, 2.05) is 42.8 Å². The van der Waals surface area contributed by atoms with Crippen molar-refractivity contribution in [2.45, 2.75) is 6.54 Å². The second-order valence-electron chi connectivity index (χ2n) is 4.95. The summed E-state index contributed by atoms with van der Waals surface area (Å²) < 4.78 is 5.21. The molecule has 0 spiro atoms. The predicted octanol–water partition coefficient (Wildman–Crippen LogP) is -2.14. The molecule has 0 aliphatic heterocycles. The average Bonchev–Trinajstić information content (AvgIpc) is 2.62. The highest BCUT2D eigenvalue weighted by Crippen LogP contribution is 2.16. The second-order valence-corrected chi connectivity index (χ2v) is 5.80. The Balaban J connectivity index is 0.00000288. The maximum atomic E-state index is 5.80. The summed E-state index contributed by atoms with van der Waals surface area (Å²) in [6.07, 6.45) is 3.77. The third-order valence-electron chi connectivity index (χ3n) is 3.41. The predicted molar refractivity (Wildman–Crippen MR) is 96.8 cm³/mol. The van der Waals surface area contributed by atoms with Crippen molar-refractivity contribution in [2.75, 3.05) is 31.4 Å². The van der Waals surface area contributed by atoms with Gasteiger partial charge in [0.05, 0.1) is 13.7 Å². The highest BCUT2D eigenvalue weighted by atomic mass is 127. The number of rotatable bonds is 7. The summed E-state index contributed by atoms with van der Waals surface area (Å²) in [5.41, 5.74) is 7.01. The summed E-state index contributed by atoms with van der Waals surface area (Å²) >= 11 is 1.52. The minimum absolute atomic E-state index is 0. The van der Waals surface area contributed by atoms with E-state index in [9.17, 15) is 0 Å². The molecule has 0 radical (unpaired) electrons. The molecular weight excluding hydrogens is 435 g/mol. The SMILES string of the molecule is COc1ccc(CN(CC[NH+]=C(N)SC)c2ccccn2)cc1.[I-]. The number of pyridine rings is 1. The van der Waals surface area contributed by atoms with Crippen LogP contribution < -0.4 is 44.3 Å². The lowest BCUT2D eigenvalue weighted by Gasteiger charge is -2.22. The number of aromatic nitrogens is 1. The quantitative estimate of drug-likeness (QED) is 0.282. The van der Waals surface area contributed by atoms with Crippen molar-refractivity contribution >= 4 is 22.7 Å². The molecule has 7 heteroatoms. The van der Waals surface area contributed by atoms with Crippen molar-refractivity contribution in [3.05, 3.63) is 54.2 Å². The largest absolute Gasteiger partial charge is 1.00 e. The molecule has 0 aliphatic rings. The Morgan fingerprint density at radius 2 is 2.00 bits per heavy atom. The van der Waals surface area contributed by atoms with E-state index in [0.29, 0.717) is 0 Å². The van der Waals surface area contributed by atoms with Gasteiger partial charge >= 0.3 is 5.17 Å². The number of anilines is 1. The van der Waals surface area contributed by atoms with Crippen molar-refractivity contribution in [1.29, 1.82) is 0 Å². The zero-order valence-electron chi connectivity index (χ0n) is 13.9. The molecular formula is C17H23IN4OS. The maximum Gasteiger partial charge on any atom is 0.301 e. The maximum absolute atomic E-state index is 5.80. The van der Waals surface area contributed by atoms with Gasteiger partial charge in [-0.05, 0) is 47.8 Å². The summed E-state index contributed by atoms with van der Waals surface area (Å²) in [4.78, 5) is 9.89. The van der Waals surface area contributed by atoms with E-state index in [1.165, 1.54) is 17.3 Å². The van der Waals surface area contributed by atoms with Crippen molar-refractivity contribution in [3.8, 4) is 5.75 Å². The summed E-state index contributed by atoms with van der Waals surface area (Å²) in [6, 6.07) is 14.0. The van der Waals surface area contributed by atoms with Gasteiger partial charge in [-0.25, -0.2) is 4.98 Å². The fourth-order valence-electron chi connectivity index (χ4n) is 2.15. The molecule has 1 heterocycles. The van der Waals surface area contributed by atoms with Crippen LogP contribution in [0, 0.1) is 0 Å². The minimum atomic E-state index is 0. The first-order valence-electron chi connectivity index (χ1n) is 7.42. The molecule has 3 N–H and O–H groups in total. The zero-order valence-corrected chi connectivity index (χ0v) is 16.9. The normalized spacial score (nSPS) is 10.8. The van der Waals surface area contributed by atoms with Crippen LogP contribution in [-0.2, 0) is 6.54 Å². The molecule has 2 rings (SSSR count). The molecule has 0 saturated carbocycles. The average molecular weight is 458 g/mol. The van der Waals surface area contributed by atoms with Gasteiger partial charge in [-0.15, -0.1) is 0 Å². The van der Waals surface area contributed by atoms with Crippen LogP contribution in [0.15, 0.2) is 48.7 Å². The molecule has 2 aromatic rings. The van der Waals surface area contributed by atoms with Gasteiger partial charge in [0, 0.05) is 12.7 Å². The number of thioether (sulfide) groups is 1. The Morgan fingerprint density at radius 3 is 2.58 bits per heavy atom. The molecule has 0 bridgehead atoms. The van der Waals surface area contributed by atoms with Gasteiger partial charge < -0.3 is 33.6 Å². The fraction of sp³-hybridized carbons (Fsp3) is 0.294. The Labute approximate surface area is 164 Å². The van der Waals surface area contributed by atoms with Crippen LogP contribution in [0.4, 0.5) is 5.82 Å². The molecule has 24 heavy (non-hydrogen) atoms. The number of hydrogen-bond donors (Lipinski definition) is 2. The molecule has 0 atom stereocenters. The lowest BCUT2D eigenvalue weighted by molar-refractivity contribution is -0.451. The van der Waals surface area contributed by atoms with E-state index in [2.05, 4.69) is 27.0 Å². The molecule has 0 amide bonds. The standard InChI is InChI=1S/C17H22N4OS.HI/c1-22-15-8-6-14(7-9-15)13-21(12-11-20-17(18)23-2)16-5-3-4-10-19-16;/h3-10H,11-13H2,1-2H3,(H2,18,20);1H. The first kappa shape index (κ1) is 20.6. The lowest BCUT2D eigenvalue weighted by atomic mass is 10.2. The summed E-state index contributed by atoms with van der Waals surface area (Å²) in [7, 11) is 1.67. The first-order valence-corrected chi connectivity index (χ1v) is 8.64. The molecule has 5 nitrogen and oxygen atoms in total.